The van der Waals surface area contributed by atoms with Gasteiger partial charge in [0.2, 0.25) is 0 Å². The Morgan fingerprint density at radius 2 is 1.64 bits per heavy atom. The van der Waals surface area contributed by atoms with E-state index in [4.69, 9.17) is 0 Å². The molecule has 0 atom stereocenters. The van der Waals surface area contributed by atoms with Gasteiger partial charge in [-0.25, -0.2) is 0 Å². The molecule has 0 aliphatic heterocycles. The summed E-state index contributed by atoms with van der Waals surface area (Å²) in [5.74, 6) is 0. The molecule has 0 amide bonds. The van der Waals surface area contributed by atoms with Crippen LogP contribution in [0.15, 0.2) is 25.6 Å². The van der Waals surface area contributed by atoms with Gasteiger partial charge in [-0.3, -0.25) is 0 Å². The summed E-state index contributed by atoms with van der Waals surface area (Å²) in [4.78, 5) is 0. The van der Waals surface area contributed by atoms with Crippen LogP contribution >= 0.6 is 79.6 Å². The zero-order chi connectivity index (χ0) is 10.9. The molecule has 0 spiro atoms. The Balaban J connectivity index is 3.31. The topological polar surface area (TPSA) is 0 Å². The van der Waals surface area contributed by atoms with Crippen molar-refractivity contribution < 1.29 is 0 Å². The average Bonchev–Trinajstić information content (AvgIpc) is 2.14. The van der Waals surface area contributed by atoms with E-state index in [-0.39, 0.29) is 3.23 Å². The van der Waals surface area contributed by atoms with Gasteiger partial charge in [0, 0.05) is 13.4 Å². The van der Waals surface area contributed by atoms with Crippen LogP contribution < -0.4 is 0 Å². The number of halogens is 5. The van der Waals surface area contributed by atoms with Crippen molar-refractivity contribution >= 4 is 79.6 Å². The van der Waals surface area contributed by atoms with Gasteiger partial charge in [0.15, 0.2) is 0 Å². The van der Waals surface area contributed by atoms with Gasteiger partial charge in [0.25, 0.3) is 0 Å². The second-order valence-electron chi connectivity index (χ2n) is 2.78. The Morgan fingerprint density at radius 1 is 1.07 bits per heavy atom. The highest BCUT2D eigenvalue weighted by Gasteiger charge is 2.26. The normalized spacial score (nSPS) is 11.9. The highest BCUT2D eigenvalue weighted by Crippen LogP contribution is 2.47. The summed E-state index contributed by atoms with van der Waals surface area (Å²) in [5, 5.41) is 0. The van der Waals surface area contributed by atoms with Gasteiger partial charge in [0.1, 0.15) is 3.23 Å². The van der Waals surface area contributed by atoms with Gasteiger partial charge in [-0.2, -0.15) is 0 Å². The van der Waals surface area contributed by atoms with Crippen LogP contribution in [0.4, 0.5) is 0 Å². The highest BCUT2D eigenvalue weighted by atomic mass is 79.9. The molecule has 5 heteroatoms. The molecule has 0 aliphatic rings. The van der Waals surface area contributed by atoms with Crippen molar-refractivity contribution in [2.24, 2.45) is 0 Å². The molecular formula is C9H7Br5. The van der Waals surface area contributed by atoms with E-state index in [1.807, 2.05) is 6.07 Å². The van der Waals surface area contributed by atoms with Gasteiger partial charge in [-0.05, 0) is 65.8 Å². The van der Waals surface area contributed by atoms with E-state index >= 15 is 0 Å². The standard InChI is InChI=1S/C9H7Br5/c1-2-9(13,14)5-3-4-6(10)8(12)7(5)11/h3-4H,2H2,1H3. The summed E-state index contributed by atoms with van der Waals surface area (Å²) >= 11 is 17.8. The molecule has 0 N–H and O–H groups in total. The molecule has 1 aromatic carbocycles. The summed E-state index contributed by atoms with van der Waals surface area (Å²) in [6.45, 7) is 2.12. The lowest BCUT2D eigenvalue weighted by Gasteiger charge is -2.21. The lowest BCUT2D eigenvalue weighted by atomic mass is 10.1. The van der Waals surface area contributed by atoms with Gasteiger partial charge in [-0.15, -0.1) is 0 Å². The highest BCUT2D eigenvalue weighted by molar-refractivity contribution is 9.24. The molecule has 1 rings (SSSR count). The maximum atomic E-state index is 3.65. The number of alkyl halides is 2. The minimum atomic E-state index is -0.165. The van der Waals surface area contributed by atoms with Crippen molar-refractivity contribution in [3.05, 3.63) is 31.1 Å². The molecule has 0 radical (unpaired) electrons. The van der Waals surface area contributed by atoms with E-state index < -0.39 is 0 Å². The lowest BCUT2D eigenvalue weighted by Crippen LogP contribution is -2.08. The van der Waals surface area contributed by atoms with E-state index in [9.17, 15) is 0 Å². The van der Waals surface area contributed by atoms with Crippen LogP contribution in [0.5, 0.6) is 0 Å². The Kier molecular flexibility index (Phi) is 5.18. The molecule has 0 saturated carbocycles. The first-order valence-electron chi connectivity index (χ1n) is 3.92. The van der Waals surface area contributed by atoms with Crippen LogP contribution in [0.2, 0.25) is 0 Å². The van der Waals surface area contributed by atoms with Crippen molar-refractivity contribution in [1.82, 2.24) is 0 Å². The fraction of sp³-hybridized carbons (Fsp3) is 0.333. The molecule has 0 nitrogen and oxygen atoms in total. The van der Waals surface area contributed by atoms with Crippen LogP contribution in [0.25, 0.3) is 0 Å². The second-order valence-corrected chi connectivity index (χ2v) is 8.99. The van der Waals surface area contributed by atoms with E-state index in [1.54, 1.807) is 0 Å². The molecule has 0 aliphatic carbocycles. The SMILES string of the molecule is CCC(Br)(Br)c1ccc(Br)c(Br)c1Br. The number of rotatable bonds is 2. The first kappa shape index (κ1) is 13.7. The maximum absolute atomic E-state index is 3.65. The molecule has 0 fully saturated rings. The van der Waals surface area contributed by atoms with Gasteiger partial charge in [-0.1, -0.05) is 44.8 Å². The fourth-order valence-electron chi connectivity index (χ4n) is 0.999. The number of hydrogen-bond donors (Lipinski definition) is 0. The van der Waals surface area contributed by atoms with Crippen molar-refractivity contribution in [3.63, 3.8) is 0 Å². The zero-order valence-electron chi connectivity index (χ0n) is 7.25. The summed E-state index contributed by atoms with van der Waals surface area (Å²) < 4.78 is 2.97. The van der Waals surface area contributed by atoms with Gasteiger partial charge >= 0.3 is 0 Å². The molecule has 1 aromatic rings. The first-order valence-corrected chi connectivity index (χ1v) is 7.88. The largest absolute Gasteiger partial charge is 0.106 e. The molecule has 0 heterocycles. The monoisotopic (exact) mass is 510 g/mol. The Bertz CT molecular complexity index is 345. The quantitative estimate of drug-likeness (QED) is 0.320. The van der Waals surface area contributed by atoms with E-state index in [2.05, 4.69) is 92.6 Å². The van der Waals surface area contributed by atoms with Crippen molar-refractivity contribution in [2.75, 3.05) is 0 Å². The third-order valence-electron chi connectivity index (χ3n) is 1.87. The van der Waals surface area contributed by atoms with Crippen LogP contribution in [0, 0.1) is 0 Å². The Hall–Kier alpha value is 1.62. The van der Waals surface area contributed by atoms with Crippen LogP contribution in [0.1, 0.15) is 18.9 Å². The molecule has 0 saturated heterocycles. The smallest absolute Gasteiger partial charge is 0.0674 e. The Morgan fingerprint density at radius 3 is 2.14 bits per heavy atom. The minimum absolute atomic E-state index is 0.165. The lowest BCUT2D eigenvalue weighted by molar-refractivity contribution is 0.858. The third-order valence-corrected chi connectivity index (χ3v) is 7.22. The third kappa shape index (κ3) is 2.84. The van der Waals surface area contributed by atoms with Crippen molar-refractivity contribution in [3.8, 4) is 0 Å². The summed E-state index contributed by atoms with van der Waals surface area (Å²) in [7, 11) is 0. The van der Waals surface area contributed by atoms with Crippen LogP contribution in [-0.4, -0.2) is 0 Å². The summed E-state index contributed by atoms with van der Waals surface area (Å²) in [6.07, 6.45) is 0.958. The van der Waals surface area contributed by atoms with Crippen LogP contribution in [0.3, 0.4) is 0 Å². The van der Waals surface area contributed by atoms with Crippen molar-refractivity contribution in [2.45, 2.75) is 16.6 Å². The molecule has 0 unspecified atom stereocenters. The minimum Gasteiger partial charge on any atom is -0.0674 e. The van der Waals surface area contributed by atoms with Crippen molar-refractivity contribution in [1.29, 1.82) is 0 Å². The first-order chi connectivity index (χ1) is 6.40. The summed E-state index contributed by atoms with van der Waals surface area (Å²) in [5.41, 5.74) is 1.18. The number of benzene rings is 1. The fourth-order valence-corrected chi connectivity index (χ4v) is 3.82. The Labute approximate surface area is 126 Å². The molecule has 14 heavy (non-hydrogen) atoms. The average molecular weight is 515 g/mol. The predicted octanol–water partition coefficient (Wildman–Crippen LogP) is 6.33. The van der Waals surface area contributed by atoms with Crippen LogP contribution in [-0.2, 0) is 3.23 Å². The summed E-state index contributed by atoms with van der Waals surface area (Å²) in [6, 6.07) is 4.10. The van der Waals surface area contributed by atoms with Gasteiger partial charge in [0.05, 0.1) is 0 Å². The molecule has 78 valence electrons. The molecule has 0 aromatic heterocycles. The number of hydrogen-bond acceptors (Lipinski definition) is 0. The molecular weight excluding hydrogens is 508 g/mol. The zero-order valence-corrected chi connectivity index (χ0v) is 15.2. The van der Waals surface area contributed by atoms with E-state index in [0.717, 1.165) is 19.8 Å². The second kappa shape index (κ2) is 5.30. The van der Waals surface area contributed by atoms with E-state index in [1.165, 1.54) is 5.56 Å². The van der Waals surface area contributed by atoms with Gasteiger partial charge < -0.3 is 0 Å². The molecule has 0 bridgehead atoms. The van der Waals surface area contributed by atoms with E-state index in [0.29, 0.717) is 0 Å². The maximum Gasteiger partial charge on any atom is 0.106 e. The predicted molar refractivity (Wildman–Crippen MR) is 79.4 cm³/mol.